The lowest BCUT2D eigenvalue weighted by atomic mass is 10.0. The number of nitrogens with two attached hydrogens (primary N) is 1. The van der Waals surface area contributed by atoms with Crippen LogP contribution in [0.1, 0.15) is 42.1 Å². The molecule has 2 heterocycles. The van der Waals surface area contributed by atoms with Crippen LogP contribution in [0.3, 0.4) is 0 Å². The van der Waals surface area contributed by atoms with E-state index in [1.165, 1.54) is 13.3 Å². The van der Waals surface area contributed by atoms with Gasteiger partial charge in [0.05, 0.1) is 30.6 Å². The molecule has 1 aliphatic carbocycles. The summed E-state index contributed by atoms with van der Waals surface area (Å²) in [6, 6.07) is 0.217. The second-order valence-corrected chi connectivity index (χ2v) is 10.1. The summed E-state index contributed by atoms with van der Waals surface area (Å²) in [5.41, 5.74) is 5.43. The molecule has 14 heteroatoms. The maximum atomic E-state index is 15.6. The Morgan fingerprint density at radius 2 is 1.98 bits per heavy atom. The second kappa shape index (κ2) is 13.6. The highest BCUT2D eigenvalue weighted by Gasteiger charge is 2.32. The number of benzene rings is 1. The molecule has 1 aliphatic heterocycles. The molecule has 4 N–H and O–H groups in total. The van der Waals surface area contributed by atoms with E-state index in [1.807, 2.05) is 0 Å². The minimum atomic E-state index is -1.38. The molecule has 0 bridgehead atoms. The van der Waals surface area contributed by atoms with Gasteiger partial charge in [-0.15, -0.1) is 24.8 Å². The lowest BCUT2D eigenvalue weighted by Crippen LogP contribution is -2.47. The molecule has 2 aliphatic rings. The number of pyridine rings is 1. The van der Waals surface area contributed by atoms with Crippen molar-refractivity contribution in [3.05, 3.63) is 45.3 Å². The number of likely N-dealkylation sites (N-methyl/N-ethyl adjacent to an activating group) is 1. The minimum Gasteiger partial charge on any atom is -0.492 e. The fraction of sp³-hybridized carbons (Fsp3) is 0.500. The van der Waals surface area contributed by atoms with Crippen LogP contribution in [-0.4, -0.2) is 79.9 Å². The van der Waals surface area contributed by atoms with Crippen LogP contribution in [0.4, 0.5) is 14.5 Å². The molecule has 0 unspecified atom stereocenters. The number of aromatic nitrogens is 1. The van der Waals surface area contributed by atoms with Crippen molar-refractivity contribution in [1.82, 2.24) is 14.8 Å². The van der Waals surface area contributed by atoms with E-state index in [4.69, 9.17) is 10.5 Å². The van der Waals surface area contributed by atoms with E-state index in [9.17, 15) is 19.5 Å². The number of amides is 1. The van der Waals surface area contributed by atoms with Crippen LogP contribution in [0.25, 0.3) is 10.9 Å². The van der Waals surface area contributed by atoms with E-state index in [1.54, 1.807) is 28.5 Å². The Labute approximate surface area is 242 Å². The molecule has 222 valence electrons. The predicted octanol–water partition coefficient (Wildman–Crippen LogP) is 2.85. The lowest BCUT2D eigenvalue weighted by molar-refractivity contribution is -0.122. The topological polar surface area (TPSA) is 130 Å². The van der Waals surface area contributed by atoms with Crippen LogP contribution in [-0.2, 0) is 4.79 Å². The summed E-state index contributed by atoms with van der Waals surface area (Å²) >= 11 is 0. The lowest BCUT2D eigenvalue weighted by Gasteiger charge is -2.33. The Kier molecular flexibility index (Phi) is 11.3. The number of carboxylic acids is 1. The van der Waals surface area contributed by atoms with Crippen LogP contribution in [0.2, 0.25) is 0 Å². The van der Waals surface area contributed by atoms with Gasteiger partial charge in [0.25, 0.3) is 0 Å². The van der Waals surface area contributed by atoms with Crippen LogP contribution in [0.5, 0.6) is 5.75 Å². The summed E-state index contributed by atoms with van der Waals surface area (Å²) in [6.07, 6.45) is 3.84. The Hall–Kier alpha value is -2.93. The number of hydrogen-bond donors (Lipinski definition) is 3. The van der Waals surface area contributed by atoms with E-state index >= 15 is 8.78 Å². The molecule has 1 saturated carbocycles. The summed E-state index contributed by atoms with van der Waals surface area (Å²) in [5, 5.41) is 12.0. The number of carboxylic acid groups (broad SMARTS) is 1. The molecule has 1 saturated heterocycles. The maximum Gasteiger partial charge on any atom is 0.341 e. The van der Waals surface area contributed by atoms with Crippen LogP contribution in [0, 0.1) is 5.82 Å². The van der Waals surface area contributed by atoms with Crippen LogP contribution < -0.4 is 26.1 Å². The average molecular weight is 606 g/mol. The van der Waals surface area contributed by atoms with Gasteiger partial charge in [-0.25, -0.2) is 13.6 Å². The number of methoxy groups -OCH3 is 1. The standard InChI is InChI=1S/C26H33F2N5O5.2ClH/c1-31(2)13-20(29)25(35)30-10-19(28)14-5-4-8-32(11-14)22-18(27)9-16-21(24(22)38-3)33(15-6-7-15)12-17(23(16)34)26(36)37;;/h9,12,15,20H,4-8,10-11,13,29H2,1-3H3,(H,30,35)(H,36,37);2*1H/b19-14+;;/t20-;;/m0../s1. The molecule has 1 atom stereocenters. The van der Waals surface area contributed by atoms with Crippen molar-refractivity contribution in [2.24, 2.45) is 5.73 Å². The van der Waals surface area contributed by atoms with E-state index in [0.717, 1.165) is 18.9 Å². The molecule has 0 spiro atoms. The highest BCUT2D eigenvalue weighted by atomic mass is 35.5. The second-order valence-electron chi connectivity index (χ2n) is 10.1. The minimum absolute atomic E-state index is 0. The molecule has 1 amide bonds. The third-order valence-electron chi connectivity index (χ3n) is 6.88. The Morgan fingerprint density at radius 3 is 2.55 bits per heavy atom. The molecule has 40 heavy (non-hydrogen) atoms. The van der Waals surface area contributed by atoms with Crippen LogP contribution >= 0.6 is 24.8 Å². The van der Waals surface area contributed by atoms with Crippen molar-refractivity contribution in [3.8, 4) is 5.75 Å². The quantitative estimate of drug-likeness (QED) is 0.398. The molecule has 2 fully saturated rings. The number of halogens is 4. The zero-order chi connectivity index (χ0) is 27.7. The Balaban J connectivity index is 0.00000280. The third kappa shape index (κ3) is 6.85. The summed E-state index contributed by atoms with van der Waals surface area (Å²) in [5.74, 6) is -3.03. The molecule has 10 nitrogen and oxygen atoms in total. The first-order valence-corrected chi connectivity index (χ1v) is 12.5. The zero-order valence-corrected chi connectivity index (χ0v) is 24.2. The van der Waals surface area contributed by atoms with E-state index in [0.29, 0.717) is 37.0 Å². The van der Waals surface area contributed by atoms with Crippen LogP contribution in [0.15, 0.2) is 28.5 Å². The first kappa shape index (κ1) is 33.3. The van der Waals surface area contributed by atoms with Gasteiger partial charge in [0.15, 0.2) is 11.6 Å². The van der Waals surface area contributed by atoms with E-state index in [2.05, 4.69) is 5.32 Å². The third-order valence-corrected chi connectivity index (χ3v) is 6.88. The van der Waals surface area contributed by atoms with Crippen molar-refractivity contribution in [2.75, 3.05) is 52.3 Å². The summed E-state index contributed by atoms with van der Waals surface area (Å²) in [4.78, 5) is 40.2. The molecule has 1 aromatic carbocycles. The van der Waals surface area contributed by atoms with Gasteiger partial charge in [-0.1, -0.05) is 0 Å². The van der Waals surface area contributed by atoms with Gasteiger partial charge >= 0.3 is 5.97 Å². The Bertz CT molecular complexity index is 1360. The number of aromatic carboxylic acids is 1. The summed E-state index contributed by atoms with van der Waals surface area (Å²) in [6.45, 7) is 0.472. The number of carbonyl (C=O) groups is 2. The van der Waals surface area contributed by atoms with Gasteiger partial charge in [-0.3, -0.25) is 9.59 Å². The number of nitrogens with zero attached hydrogens (tertiary/aromatic N) is 3. The first-order valence-electron chi connectivity index (χ1n) is 12.5. The monoisotopic (exact) mass is 605 g/mol. The number of hydrogen-bond acceptors (Lipinski definition) is 7. The molecular formula is C26H35Cl2F2N5O5. The van der Waals surface area contributed by atoms with Gasteiger partial charge in [0.1, 0.15) is 17.1 Å². The van der Waals surface area contributed by atoms with Crippen molar-refractivity contribution in [2.45, 2.75) is 37.8 Å². The van der Waals surface area contributed by atoms with Gasteiger partial charge in [0, 0.05) is 31.9 Å². The average Bonchev–Trinajstić information content (AvgIpc) is 3.71. The summed E-state index contributed by atoms with van der Waals surface area (Å²) in [7, 11) is 4.92. The number of piperidine rings is 1. The number of rotatable bonds is 9. The van der Waals surface area contributed by atoms with Gasteiger partial charge in [-0.2, -0.15) is 0 Å². The molecule has 1 aromatic heterocycles. The number of anilines is 1. The molecular weight excluding hydrogens is 571 g/mol. The summed E-state index contributed by atoms with van der Waals surface area (Å²) < 4.78 is 38.0. The van der Waals surface area contributed by atoms with Gasteiger partial charge in [-0.05, 0) is 51.4 Å². The van der Waals surface area contributed by atoms with Crippen molar-refractivity contribution in [1.29, 1.82) is 0 Å². The fourth-order valence-corrected chi connectivity index (χ4v) is 4.91. The van der Waals surface area contributed by atoms with E-state index < -0.39 is 40.6 Å². The van der Waals surface area contributed by atoms with Crippen molar-refractivity contribution < 1.29 is 28.2 Å². The zero-order valence-electron chi connectivity index (χ0n) is 22.5. The van der Waals surface area contributed by atoms with Crippen molar-refractivity contribution >= 4 is 53.3 Å². The SMILES string of the molecule is COc1c(N2CCC/C(=C(\F)CNC(=O)[C@@H](N)CN(C)C)C2)c(F)cc2c(=O)c(C(=O)O)cn(C3CC3)c12.Cl.Cl. The highest BCUT2D eigenvalue weighted by Crippen LogP contribution is 2.44. The smallest absolute Gasteiger partial charge is 0.341 e. The van der Waals surface area contributed by atoms with Gasteiger partial charge < -0.3 is 35.3 Å². The maximum absolute atomic E-state index is 15.6. The number of fused-ring (bicyclic) bond motifs is 1. The largest absolute Gasteiger partial charge is 0.492 e. The number of carbonyl (C=O) groups excluding carboxylic acids is 1. The molecule has 0 radical (unpaired) electrons. The first-order chi connectivity index (χ1) is 18.0. The number of ether oxygens (including phenoxy) is 1. The molecule has 4 rings (SSSR count). The number of nitrogens with one attached hydrogen (secondary N) is 1. The van der Waals surface area contributed by atoms with E-state index in [-0.39, 0.29) is 60.8 Å². The fourth-order valence-electron chi connectivity index (χ4n) is 4.91. The highest BCUT2D eigenvalue weighted by molar-refractivity contribution is 5.97. The normalized spacial score (nSPS) is 17.1. The Morgan fingerprint density at radius 1 is 1.30 bits per heavy atom. The molecule has 2 aromatic rings. The predicted molar refractivity (Wildman–Crippen MR) is 154 cm³/mol. The van der Waals surface area contributed by atoms with Crippen molar-refractivity contribution in [3.63, 3.8) is 0 Å². The van der Waals surface area contributed by atoms with Gasteiger partial charge in [0.2, 0.25) is 11.3 Å².